The Labute approximate surface area is 215 Å². The topological polar surface area (TPSA) is 124 Å². The first kappa shape index (κ1) is 26.2. The molecule has 3 N–H and O–H groups in total. The van der Waals surface area contributed by atoms with Gasteiger partial charge in [0.2, 0.25) is 5.95 Å². The van der Waals surface area contributed by atoms with Crippen LogP contribution in [-0.4, -0.2) is 58.1 Å². The number of ether oxygens (including phenoxy) is 1. The third-order valence-electron chi connectivity index (χ3n) is 6.35. The van der Waals surface area contributed by atoms with E-state index in [1.54, 1.807) is 36.5 Å². The zero-order valence-electron chi connectivity index (χ0n) is 21.4. The fourth-order valence-electron chi connectivity index (χ4n) is 4.56. The first-order valence-electron chi connectivity index (χ1n) is 12.7. The number of benzene rings is 1. The SMILES string of the molecule is CC=CCn1c(N2CCCC(N)C2)nc2ccn(CC(=O)c3ccccc3OCC(=O)NCC)c(=O)c21. The maximum atomic E-state index is 13.6. The number of carbonyl (C=O) groups excluding carboxylic acids is 2. The number of amides is 1. The van der Waals surface area contributed by atoms with Crippen molar-refractivity contribution in [1.82, 2.24) is 19.4 Å². The van der Waals surface area contributed by atoms with Crippen molar-refractivity contribution in [3.05, 3.63) is 64.6 Å². The molecule has 10 heteroatoms. The van der Waals surface area contributed by atoms with Gasteiger partial charge in [-0.15, -0.1) is 0 Å². The van der Waals surface area contributed by atoms with Crippen LogP contribution in [-0.2, 0) is 17.9 Å². The van der Waals surface area contributed by atoms with E-state index < -0.39 is 0 Å². The highest BCUT2D eigenvalue weighted by molar-refractivity contribution is 5.98. The predicted octanol–water partition coefficient (Wildman–Crippen LogP) is 2.10. The minimum atomic E-state index is -0.297. The van der Waals surface area contributed by atoms with Gasteiger partial charge in [0.05, 0.1) is 17.6 Å². The molecule has 1 saturated heterocycles. The highest BCUT2D eigenvalue weighted by Crippen LogP contribution is 2.24. The zero-order chi connectivity index (χ0) is 26.4. The lowest BCUT2D eigenvalue weighted by Gasteiger charge is -2.31. The number of likely N-dealkylation sites (N-methyl/N-ethyl adjacent to an activating group) is 1. The van der Waals surface area contributed by atoms with Crippen molar-refractivity contribution in [3.63, 3.8) is 0 Å². The number of carbonyl (C=O) groups is 2. The van der Waals surface area contributed by atoms with E-state index in [0.717, 1.165) is 19.4 Å². The van der Waals surface area contributed by atoms with E-state index in [0.29, 0.717) is 47.9 Å². The highest BCUT2D eigenvalue weighted by atomic mass is 16.5. The van der Waals surface area contributed by atoms with Gasteiger partial charge in [-0.25, -0.2) is 4.98 Å². The van der Waals surface area contributed by atoms with E-state index in [1.165, 1.54) is 4.57 Å². The lowest BCUT2D eigenvalue weighted by molar-refractivity contribution is -0.123. The quantitative estimate of drug-likeness (QED) is 0.319. The van der Waals surface area contributed by atoms with Crippen LogP contribution in [0.5, 0.6) is 5.75 Å². The van der Waals surface area contributed by atoms with Crippen LogP contribution in [0.15, 0.2) is 53.5 Å². The Bertz CT molecular complexity index is 1360. The normalized spacial score (nSPS) is 15.9. The average molecular weight is 507 g/mol. The van der Waals surface area contributed by atoms with E-state index in [1.807, 2.05) is 30.6 Å². The molecule has 1 amide bonds. The number of nitrogens with one attached hydrogen (secondary N) is 1. The molecule has 196 valence electrons. The molecule has 3 aromatic rings. The smallest absolute Gasteiger partial charge is 0.277 e. The molecule has 2 aromatic heterocycles. The Morgan fingerprint density at radius 3 is 2.84 bits per heavy atom. The Morgan fingerprint density at radius 1 is 1.27 bits per heavy atom. The van der Waals surface area contributed by atoms with Crippen LogP contribution in [0.1, 0.15) is 37.0 Å². The maximum Gasteiger partial charge on any atom is 0.277 e. The number of anilines is 1. The highest BCUT2D eigenvalue weighted by Gasteiger charge is 2.24. The maximum absolute atomic E-state index is 13.6. The molecule has 3 heterocycles. The summed E-state index contributed by atoms with van der Waals surface area (Å²) in [4.78, 5) is 45.6. The zero-order valence-corrected chi connectivity index (χ0v) is 21.4. The lowest BCUT2D eigenvalue weighted by Crippen LogP contribution is -2.44. The summed E-state index contributed by atoms with van der Waals surface area (Å²) in [7, 11) is 0. The van der Waals surface area contributed by atoms with Gasteiger partial charge in [0.25, 0.3) is 11.5 Å². The molecule has 1 aromatic carbocycles. The van der Waals surface area contributed by atoms with Gasteiger partial charge in [0.15, 0.2) is 12.4 Å². The van der Waals surface area contributed by atoms with Crippen molar-refractivity contribution in [2.75, 3.05) is 31.1 Å². The van der Waals surface area contributed by atoms with Crippen molar-refractivity contribution in [3.8, 4) is 5.75 Å². The number of rotatable bonds is 10. The summed E-state index contributed by atoms with van der Waals surface area (Å²) < 4.78 is 8.89. The second-order valence-electron chi connectivity index (χ2n) is 9.08. The van der Waals surface area contributed by atoms with E-state index in [9.17, 15) is 14.4 Å². The Balaban J connectivity index is 1.65. The molecule has 0 saturated carbocycles. The summed E-state index contributed by atoms with van der Waals surface area (Å²) in [6.45, 7) is 5.86. The molecule has 0 bridgehead atoms. The third-order valence-corrected chi connectivity index (χ3v) is 6.35. The third kappa shape index (κ3) is 5.91. The van der Waals surface area contributed by atoms with Crippen LogP contribution in [0.25, 0.3) is 11.0 Å². The Hall–Kier alpha value is -3.92. The van der Waals surface area contributed by atoms with Gasteiger partial charge in [-0.2, -0.15) is 0 Å². The molecule has 1 fully saturated rings. The van der Waals surface area contributed by atoms with E-state index in [4.69, 9.17) is 15.5 Å². The average Bonchev–Trinajstić information content (AvgIpc) is 3.27. The van der Waals surface area contributed by atoms with Crippen molar-refractivity contribution in [2.45, 2.75) is 45.8 Å². The van der Waals surface area contributed by atoms with Crippen LogP contribution < -0.4 is 26.2 Å². The van der Waals surface area contributed by atoms with Gasteiger partial charge < -0.3 is 29.8 Å². The standard InChI is InChI=1S/C27H34N6O4/c1-3-5-14-33-25-21(30-27(33)32-13-8-9-19(28)16-32)12-15-31(26(25)36)17-22(34)20-10-6-7-11-23(20)37-18-24(35)29-4-2/h3,5-7,10-12,15,19H,4,8-9,13-14,16-18,28H2,1-2H3,(H,29,35). The summed E-state index contributed by atoms with van der Waals surface area (Å²) in [5, 5.41) is 2.66. The number of allylic oxidation sites excluding steroid dienone is 2. The molecule has 4 rings (SSSR count). The van der Waals surface area contributed by atoms with E-state index in [-0.39, 0.29) is 36.4 Å². The first-order valence-corrected chi connectivity index (χ1v) is 12.7. The molecule has 37 heavy (non-hydrogen) atoms. The summed E-state index contributed by atoms with van der Waals surface area (Å²) in [5.74, 6) is 0.448. The van der Waals surface area contributed by atoms with Crippen LogP contribution in [0.2, 0.25) is 0 Å². The number of imidazole rings is 1. The number of aromatic nitrogens is 3. The lowest BCUT2D eigenvalue weighted by atomic mass is 10.1. The molecule has 0 radical (unpaired) electrons. The van der Waals surface area contributed by atoms with Crippen LogP contribution >= 0.6 is 0 Å². The van der Waals surface area contributed by atoms with Crippen molar-refractivity contribution < 1.29 is 14.3 Å². The van der Waals surface area contributed by atoms with Crippen molar-refractivity contribution >= 4 is 28.7 Å². The van der Waals surface area contributed by atoms with Gasteiger partial charge in [-0.05, 0) is 44.9 Å². The van der Waals surface area contributed by atoms with Gasteiger partial charge >= 0.3 is 0 Å². The molecule has 0 spiro atoms. The van der Waals surface area contributed by atoms with Crippen molar-refractivity contribution in [1.29, 1.82) is 0 Å². The number of Topliss-reactive ketones (excluding diaryl/α,β-unsaturated/α-hetero) is 1. The number of nitrogens with two attached hydrogens (primary N) is 1. The van der Waals surface area contributed by atoms with E-state index >= 15 is 0 Å². The number of para-hydroxylation sites is 1. The monoisotopic (exact) mass is 506 g/mol. The van der Waals surface area contributed by atoms with Gasteiger partial charge in [-0.3, -0.25) is 14.4 Å². The summed E-state index contributed by atoms with van der Waals surface area (Å²) in [5.41, 5.74) is 7.25. The molecular formula is C27H34N6O4. The molecule has 1 aliphatic heterocycles. The van der Waals surface area contributed by atoms with Crippen LogP contribution in [0, 0.1) is 0 Å². The summed E-state index contributed by atoms with van der Waals surface area (Å²) in [6.07, 6.45) is 7.43. The summed E-state index contributed by atoms with van der Waals surface area (Å²) in [6, 6.07) is 8.55. The molecule has 10 nitrogen and oxygen atoms in total. The largest absolute Gasteiger partial charge is 0.483 e. The van der Waals surface area contributed by atoms with Gasteiger partial charge in [-0.1, -0.05) is 24.3 Å². The van der Waals surface area contributed by atoms with Gasteiger partial charge in [0.1, 0.15) is 11.3 Å². The number of nitrogens with zero attached hydrogens (tertiary/aromatic N) is 4. The Kier molecular flexibility index (Phi) is 8.39. The molecular weight excluding hydrogens is 472 g/mol. The predicted molar refractivity (Wildman–Crippen MR) is 143 cm³/mol. The molecule has 1 atom stereocenters. The fraction of sp³-hybridized carbons (Fsp3) is 0.407. The minimum absolute atomic E-state index is 0.0633. The van der Waals surface area contributed by atoms with Crippen LogP contribution in [0.4, 0.5) is 5.95 Å². The number of hydrogen-bond donors (Lipinski definition) is 2. The second kappa shape index (κ2) is 11.9. The molecule has 1 unspecified atom stereocenters. The number of ketones is 1. The molecule has 0 aliphatic carbocycles. The second-order valence-corrected chi connectivity index (χ2v) is 9.08. The minimum Gasteiger partial charge on any atom is -0.483 e. The number of piperidine rings is 1. The van der Waals surface area contributed by atoms with Crippen molar-refractivity contribution in [2.24, 2.45) is 5.73 Å². The van der Waals surface area contributed by atoms with E-state index in [2.05, 4.69) is 10.2 Å². The number of fused-ring (bicyclic) bond motifs is 1. The van der Waals surface area contributed by atoms with Gasteiger partial charge in [0, 0.05) is 38.4 Å². The Morgan fingerprint density at radius 2 is 2.08 bits per heavy atom. The number of hydrogen-bond acceptors (Lipinski definition) is 7. The first-order chi connectivity index (χ1) is 17.9. The fourth-order valence-corrected chi connectivity index (χ4v) is 4.56. The number of pyridine rings is 1. The van der Waals surface area contributed by atoms with Crippen LogP contribution in [0.3, 0.4) is 0 Å². The molecule has 1 aliphatic rings. The summed E-state index contributed by atoms with van der Waals surface area (Å²) >= 11 is 0.